The molecule has 1 saturated heterocycles. The van der Waals surface area contributed by atoms with Crippen molar-refractivity contribution in [1.82, 2.24) is 25.3 Å². The molecule has 0 atom stereocenters. The van der Waals surface area contributed by atoms with Crippen LogP contribution in [-0.2, 0) is 0 Å². The summed E-state index contributed by atoms with van der Waals surface area (Å²) in [7, 11) is 0. The Morgan fingerprint density at radius 1 is 1.30 bits per heavy atom. The van der Waals surface area contributed by atoms with Crippen LogP contribution in [0.2, 0.25) is 0 Å². The lowest BCUT2D eigenvalue weighted by atomic mass is 10.2. The number of hydrogen-bond donors (Lipinski definition) is 2. The third kappa shape index (κ3) is 5.12. The second kappa shape index (κ2) is 9.59. The van der Waals surface area contributed by atoms with E-state index in [0.29, 0.717) is 18.8 Å². The Bertz CT molecular complexity index is 852. The number of piperazine rings is 1. The molecular weight excluding hydrogens is 373 g/mol. The topological polar surface area (TPSA) is 79.3 Å². The third-order valence-electron chi connectivity index (χ3n) is 4.33. The van der Waals surface area contributed by atoms with Crippen molar-refractivity contribution in [2.75, 3.05) is 39.3 Å². The summed E-state index contributed by atoms with van der Waals surface area (Å²) >= 11 is 0. The monoisotopic (exact) mass is 395 g/mol. The van der Waals surface area contributed by atoms with Crippen LogP contribution in [0.15, 0.2) is 35.1 Å². The summed E-state index contributed by atoms with van der Waals surface area (Å²) in [6.45, 7) is 6.50. The van der Waals surface area contributed by atoms with Gasteiger partial charge in [-0.1, -0.05) is 12.1 Å². The van der Waals surface area contributed by atoms with E-state index in [1.807, 2.05) is 0 Å². The second-order valence-electron chi connectivity index (χ2n) is 6.21. The van der Waals surface area contributed by atoms with Gasteiger partial charge in [-0.15, -0.1) is 12.4 Å². The Labute approximate surface area is 163 Å². The van der Waals surface area contributed by atoms with Gasteiger partial charge in [0.25, 0.3) is 5.91 Å². The lowest BCUT2D eigenvalue weighted by Gasteiger charge is -2.27. The highest BCUT2D eigenvalue weighted by molar-refractivity contribution is 5.92. The molecule has 1 aromatic carbocycles. The van der Waals surface area contributed by atoms with E-state index >= 15 is 0 Å². The number of nitrogens with one attached hydrogen (secondary N) is 2. The number of aryl methyl sites for hydroxylation is 1. The van der Waals surface area contributed by atoms with Crippen molar-refractivity contribution >= 4 is 18.3 Å². The smallest absolute Gasteiger partial charge is 0.275 e. The summed E-state index contributed by atoms with van der Waals surface area (Å²) in [5.41, 5.74) is -0.0636. The van der Waals surface area contributed by atoms with E-state index in [0.717, 1.165) is 26.2 Å². The zero-order valence-corrected chi connectivity index (χ0v) is 15.9. The van der Waals surface area contributed by atoms with Gasteiger partial charge in [0.2, 0.25) is 5.43 Å². The maximum Gasteiger partial charge on any atom is 0.275 e. The van der Waals surface area contributed by atoms with Crippen molar-refractivity contribution in [3.63, 3.8) is 0 Å². The van der Waals surface area contributed by atoms with Crippen molar-refractivity contribution in [2.45, 2.75) is 6.92 Å². The lowest BCUT2D eigenvalue weighted by molar-refractivity contribution is 0.0939. The first-order chi connectivity index (χ1) is 12.6. The van der Waals surface area contributed by atoms with Crippen LogP contribution >= 0.6 is 12.4 Å². The van der Waals surface area contributed by atoms with Crippen molar-refractivity contribution < 1.29 is 9.18 Å². The van der Waals surface area contributed by atoms with Crippen molar-refractivity contribution in [1.29, 1.82) is 0 Å². The van der Waals surface area contributed by atoms with Gasteiger partial charge >= 0.3 is 0 Å². The molecule has 2 N–H and O–H groups in total. The molecule has 1 aromatic heterocycles. The quantitative estimate of drug-likeness (QED) is 0.780. The van der Waals surface area contributed by atoms with Crippen LogP contribution in [0.3, 0.4) is 0 Å². The molecule has 9 heteroatoms. The summed E-state index contributed by atoms with van der Waals surface area (Å²) in [4.78, 5) is 26.8. The molecule has 0 aliphatic carbocycles. The van der Waals surface area contributed by atoms with Crippen molar-refractivity contribution in [2.24, 2.45) is 0 Å². The molecule has 146 valence electrons. The molecule has 0 radical (unpaired) electrons. The average Bonchev–Trinajstić information content (AvgIpc) is 2.63. The number of hydrogen-bond acceptors (Lipinski definition) is 5. The Morgan fingerprint density at radius 2 is 2.00 bits per heavy atom. The fraction of sp³-hybridized carbons (Fsp3) is 0.389. The van der Waals surface area contributed by atoms with Gasteiger partial charge in [0.05, 0.1) is 0 Å². The van der Waals surface area contributed by atoms with Gasteiger partial charge < -0.3 is 10.6 Å². The van der Waals surface area contributed by atoms with Gasteiger partial charge in [0.15, 0.2) is 5.69 Å². The molecule has 3 rings (SSSR count). The fourth-order valence-electron chi connectivity index (χ4n) is 2.92. The Hall–Kier alpha value is -2.29. The Kier molecular flexibility index (Phi) is 7.46. The van der Waals surface area contributed by atoms with Crippen molar-refractivity contribution in [3.8, 4) is 5.69 Å². The highest BCUT2D eigenvalue weighted by Gasteiger charge is 2.17. The van der Waals surface area contributed by atoms with Crippen LogP contribution in [-0.4, -0.2) is 59.9 Å². The van der Waals surface area contributed by atoms with E-state index in [2.05, 4.69) is 20.6 Å². The first-order valence-electron chi connectivity index (χ1n) is 8.63. The van der Waals surface area contributed by atoms with E-state index in [-0.39, 0.29) is 23.8 Å². The molecular formula is C18H23ClFN5O2. The first-order valence-corrected chi connectivity index (χ1v) is 8.63. The second-order valence-corrected chi connectivity index (χ2v) is 6.21. The number of rotatable bonds is 5. The first kappa shape index (κ1) is 21.0. The summed E-state index contributed by atoms with van der Waals surface area (Å²) in [6.07, 6.45) is 0. The van der Waals surface area contributed by atoms with E-state index in [1.54, 1.807) is 25.1 Å². The molecule has 1 fully saturated rings. The van der Waals surface area contributed by atoms with Gasteiger partial charge in [-0.25, -0.2) is 9.07 Å². The number of aromatic nitrogens is 2. The zero-order valence-electron chi connectivity index (χ0n) is 15.1. The van der Waals surface area contributed by atoms with Crippen LogP contribution in [0.1, 0.15) is 16.2 Å². The minimum absolute atomic E-state index is 0. The SMILES string of the molecule is Cc1cc(=O)c(C(=O)NCCN2CCNCC2)nn1-c1ccccc1F.Cl. The highest BCUT2D eigenvalue weighted by atomic mass is 35.5. The minimum Gasteiger partial charge on any atom is -0.349 e. The predicted octanol–water partition coefficient (Wildman–Crippen LogP) is 0.737. The highest BCUT2D eigenvalue weighted by Crippen LogP contribution is 2.13. The standard InChI is InChI=1S/C18H22FN5O2.ClH/c1-13-12-16(25)17(22-24(13)15-5-3-2-4-14(15)19)18(26)21-8-11-23-9-6-20-7-10-23;/h2-5,12,20H,6-11H2,1H3,(H,21,26);1H. The number of amides is 1. The average molecular weight is 396 g/mol. The number of para-hydroxylation sites is 1. The molecule has 7 nitrogen and oxygen atoms in total. The Balaban J connectivity index is 0.00000261. The van der Waals surface area contributed by atoms with Crippen LogP contribution in [0.5, 0.6) is 0 Å². The van der Waals surface area contributed by atoms with Gasteiger partial charge in [-0.2, -0.15) is 5.10 Å². The largest absolute Gasteiger partial charge is 0.349 e. The van der Waals surface area contributed by atoms with Gasteiger partial charge in [-0.05, 0) is 19.1 Å². The van der Waals surface area contributed by atoms with E-state index in [1.165, 1.54) is 16.8 Å². The molecule has 1 aliphatic rings. The fourth-order valence-corrected chi connectivity index (χ4v) is 2.92. The van der Waals surface area contributed by atoms with Crippen LogP contribution in [0, 0.1) is 12.7 Å². The number of carbonyl (C=O) groups is 1. The maximum atomic E-state index is 14.0. The zero-order chi connectivity index (χ0) is 18.5. The third-order valence-corrected chi connectivity index (χ3v) is 4.33. The van der Waals surface area contributed by atoms with E-state index in [4.69, 9.17) is 0 Å². The summed E-state index contributed by atoms with van der Waals surface area (Å²) in [5, 5.41) is 10.1. The molecule has 0 bridgehead atoms. The molecule has 0 unspecified atom stereocenters. The minimum atomic E-state index is -0.546. The summed E-state index contributed by atoms with van der Waals surface area (Å²) in [6, 6.07) is 7.39. The molecule has 2 aromatic rings. The van der Waals surface area contributed by atoms with E-state index < -0.39 is 17.2 Å². The lowest BCUT2D eigenvalue weighted by Crippen LogP contribution is -2.46. The van der Waals surface area contributed by atoms with Gasteiger partial charge in [0, 0.05) is 51.0 Å². The molecule has 2 heterocycles. The number of carbonyl (C=O) groups excluding carboxylic acids is 1. The normalized spacial score (nSPS) is 14.4. The number of halogens is 2. The number of nitrogens with zero attached hydrogens (tertiary/aromatic N) is 3. The molecule has 27 heavy (non-hydrogen) atoms. The van der Waals surface area contributed by atoms with Gasteiger partial charge in [-0.3, -0.25) is 14.5 Å². The van der Waals surface area contributed by atoms with Crippen LogP contribution < -0.4 is 16.1 Å². The molecule has 1 aliphatic heterocycles. The van der Waals surface area contributed by atoms with Crippen LogP contribution in [0.4, 0.5) is 4.39 Å². The maximum absolute atomic E-state index is 14.0. The summed E-state index contributed by atoms with van der Waals surface area (Å²) < 4.78 is 15.3. The predicted molar refractivity (Wildman–Crippen MR) is 103 cm³/mol. The molecule has 1 amide bonds. The summed E-state index contributed by atoms with van der Waals surface area (Å²) in [5.74, 6) is -1.02. The number of benzene rings is 1. The van der Waals surface area contributed by atoms with Crippen LogP contribution in [0.25, 0.3) is 5.69 Å². The van der Waals surface area contributed by atoms with Crippen molar-refractivity contribution in [3.05, 3.63) is 57.8 Å². The Morgan fingerprint density at radius 3 is 2.70 bits per heavy atom. The molecule has 0 saturated carbocycles. The molecule has 0 spiro atoms. The van der Waals surface area contributed by atoms with E-state index in [9.17, 15) is 14.0 Å². The van der Waals surface area contributed by atoms with Gasteiger partial charge in [0.1, 0.15) is 11.5 Å².